The van der Waals surface area contributed by atoms with E-state index in [9.17, 15) is 9.59 Å². The second-order valence-electron chi connectivity index (χ2n) is 3.78. The summed E-state index contributed by atoms with van der Waals surface area (Å²) in [5.41, 5.74) is 11.1. The van der Waals surface area contributed by atoms with Gasteiger partial charge in [-0.05, 0) is 26.0 Å². The van der Waals surface area contributed by atoms with Gasteiger partial charge in [0.1, 0.15) is 5.78 Å². The first-order valence-electron chi connectivity index (χ1n) is 5.52. The lowest BCUT2D eigenvalue weighted by Gasteiger charge is -2.05. The lowest BCUT2D eigenvalue weighted by Crippen LogP contribution is -2.18. The molecule has 0 radical (unpaired) electrons. The van der Waals surface area contributed by atoms with Crippen molar-refractivity contribution in [1.82, 2.24) is 0 Å². The Labute approximate surface area is 102 Å². The highest BCUT2D eigenvalue weighted by Gasteiger charge is 2.09. The predicted molar refractivity (Wildman–Crippen MR) is 68.4 cm³/mol. The number of primary amides is 1. The average Bonchev–Trinajstić information content (AvgIpc) is 2.29. The monoisotopic (exact) mass is 236 g/mol. The molecule has 1 aromatic carbocycles. The van der Waals surface area contributed by atoms with Crippen molar-refractivity contribution < 1.29 is 9.59 Å². The van der Waals surface area contributed by atoms with Crippen LogP contribution >= 0.6 is 0 Å². The van der Waals surface area contributed by atoms with Crippen molar-refractivity contribution in [2.75, 3.05) is 6.54 Å². The summed E-state index contributed by atoms with van der Waals surface area (Å²) in [6.07, 6.45) is 0.514. The molecular weight excluding hydrogens is 216 g/mol. The molecule has 0 aromatic heterocycles. The third-order valence-corrected chi connectivity index (χ3v) is 2.22. The summed E-state index contributed by atoms with van der Waals surface area (Å²) in [5, 5.41) is 0. The molecule has 0 aliphatic rings. The Bertz CT molecular complexity index is 350. The van der Waals surface area contributed by atoms with Crippen LogP contribution in [0.1, 0.15) is 31.7 Å². The normalized spacial score (nSPS) is 11.0. The number of hydrogen-bond donors (Lipinski definition) is 2. The standard InChI is InChI=1S/C9H11NO.C4H9NO/c1-7(9(10)11)8-5-3-2-4-6-8;1-4(6)2-3-5/h2-7H,1H3,(H2,10,11);2-3,5H2,1H3. The van der Waals surface area contributed by atoms with Crippen LogP contribution in [-0.2, 0) is 9.59 Å². The topological polar surface area (TPSA) is 86.2 Å². The Morgan fingerprint density at radius 1 is 1.24 bits per heavy atom. The molecule has 17 heavy (non-hydrogen) atoms. The van der Waals surface area contributed by atoms with E-state index in [2.05, 4.69) is 0 Å². The van der Waals surface area contributed by atoms with Gasteiger partial charge < -0.3 is 11.5 Å². The fourth-order valence-corrected chi connectivity index (χ4v) is 1.11. The fourth-order valence-electron chi connectivity index (χ4n) is 1.11. The van der Waals surface area contributed by atoms with Crippen LogP contribution in [0.25, 0.3) is 0 Å². The van der Waals surface area contributed by atoms with E-state index in [1.165, 1.54) is 6.92 Å². The maximum absolute atomic E-state index is 10.7. The van der Waals surface area contributed by atoms with Crippen molar-refractivity contribution in [2.45, 2.75) is 26.2 Å². The molecule has 0 saturated carbocycles. The zero-order valence-electron chi connectivity index (χ0n) is 10.3. The maximum Gasteiger partial charge on any atom is 0.224 e. The summed E-state index contributed by atoms with van der Waals surface area (Å²) in [7, 11) is 0. The molecule has 0 aliphatic heterocycles. The third kappa shape index (κ3) is 7.25. The number of carbonyl (C=O) groups excluding carboxylic acids is 2. The lowest BCUT2D eigenvalue weighted by atomic mass is 10.0. The molecule has 0 saturated heterocycles. The van der Waals surface area contributed by atoms with Crippen LogP contribution in [-0.4, -0.2) is 18.2 Å². The van der Waals surface area contributed by atoms with Crippen molar-refractivity contribution in [3.05, 3.63) is 35.9 Å². The van der Waals surface area contributed by atoms with Crippen molar-refractivity contribution >= 4 is 11.7 Å². The van der Waals surface area contributed by atoms with E-state index in [1.807, 2.05) is 30.3 Å². The molecule has 1 rings (SSSR count). The van der Waals surface area contributed by atoms with Crippen LogP contribution in [0.4, 0.5) is 0 Å². The summed E-state index contributed by atoms with van der Waals surface area (Å²) in [6, 6.07) is 9.51. The van der Waals surface area contributed by atoms with Crippen LogP contribution in [0.15, 0.2) is 30.3 Å². The molecule has 4 N–H and O–H groups in total. The number of Topliss-reactive ketones (excluding diaryl/α,β-unsaturated/α-hetero) is 1. The van der Waals surface area contributed by atoms with E-state index in [0.29, 0.717) is 13.0 Å². The van der Waals surface area contributed by atoms with Crippen LogP contribution in [0.2, 0.25) is 0 Å². The van der Waals surface area contributed by atoms with Gasteiger partial charge in [-0.3, -0.25) is 9.59 Å². The number of carbonyl (C=O) groups is 2. The molecule has 4 heteroatoms. The van der Waals surface area contributed by atoms with Gasteiger partial charge in [-0.25, -0.2) is 0 Å². The largest absolute Gasteiger partial charge is 0.369 e. The summed E-state index contributed by atoms with van der Waals surface area (Å²) < 4.78 is 0. The molecule has 0 fully saturated rings. The van der Waals surface area contributed by atoms with E-state index in [4.69, 9.17) is 11.5 Å². The highest BCUT2D eigenvalue weighted by atomic mass is 16.1. The number of ketones is 1. The minimum Gasteiger partial charge on any atom is -0.369 e. The maximum atomic E-state index is 10.7. The summed E-state index contributed by atoms with van der Waals surface area (Å²) in [4.78, 5) is 20.7. The van der Waals surface area contributed by atoms with Gasteiger partial charge in [-0.1, -0.05) is 30.3 Å². The zero-order chi connectivity index (χ0) is 13.3. The minimum atomic E-state index is -0.281. The first-order valence-corrected chi connectivity index (χ1v) is 5.52. The van der Waals surface area contributed by atoms with E-state index in [1.54, 1.807) is 6.92 Å². The van der Waals surface area contributed by atoms with Gasteiger partial charge in [0, 0.05) is 6.42 Å². The first-order chi connectivity index (χ1) is 7.99. The predicted octanol–water partition coefficient (Wildman–Crippen LogP) is 1.20. The van der Waals surface area contributed by atoms with Gasteiger partial charge in [0.05, 0.1) is 5.92 Å². The van der Waals surface area contributed by atoms with E-state index < -0.39 is 0 Å². The summed E-state index contributed by atoms with van der Waals surface area (Å²) in [5.74, 6) is -0.301. The molecule has 0 heterocycles. The van der Waals surface area contributed by atoms with Crippen LogP contribution < -0.4 is 11.5 Å². The number of nitrogens with two attached hydrogens (primary N) is 2. The molecule has 1 aromatic rings. The Hall–Kier alpha value is -1.68. The highest BCUT2D eigenvalue weighted by molar-refractivity contribution is 5.81. The average molecular weight is 236 g/mol. The van der Waals surface area contributed by atoms with Crippen LogP contribution in [0.5, 0.6) is 0 Å². The SMILES string of the molecule is CC(=O)CCN.CC(C(N)=O)c1ccccc1. The smallest absolute Gasteiger partial charge is 0.224 e. The second-order valence-corrected chi connectivity index (χ2v) is 3.78. The van der Waals surface area contributed by atoms with E-state index in [-0.39, 0.29) is 17.6 Å². The van der Waals surface area contributed by atoms with E-state index >= 15 is 0 Å². The number of amides is 1. The first kappa shape index (κ1) is 15.3. The van der Waals surface area contributed by atoms with Gasteiger partial charge in [0.15, 0.2) is 0 Å². The highest BCUT2D eigenvalue weighted by Crippen LogP contribution is 2.12. The van der Waals surface area contributed by atoms with Gasteiger partial charge in [-0.2, -0.15) is 0 Å². The molecule has 1 unspecified atom stereocenters. The van der Waals surface area contributed by atoms with Crippen LogP contribution in [0.3, 0.4) is 0 Å². The molecule has 0 spiro atoms. The fraction of sp³-hybridized carbons (Fsp3) is 0.385. The minimum absolute atomic E-state index is 0.164. The van der Waals surface area contributed by atoms with Crippen molar-refractivity contribution in [2.24, 2.45) is 11.5 Å². The van der Waals surface area contributed by atoms with Gasteiger partial charge in [-0.15, -0.1) is 0 Å². The Morgan fingerprint density at radius 3 is 2.06 bits per heavy atom. The van der Waals surface area contributed by atoms with Gasteiger partial charge in [0.2, 0.25) is 5.91 Å². The third-order valence-electron chi connectivity index (χ3n) is 2.22. The zero-order valence-corrected chi connectivity index (χ0v) is 10.3. The number of rotatable bonds is 4. The molecule has 94 valence electrons. The Balaban J connectivity index is 0.000000366. The molecule has 1 atom stereocenters. The van der Waals surface area contributed by atoms with Crippen molar-refractivity contribution in [3.63, 3.8) is 0 Å². The van der Waals surface area contributed by atoms with E-state index in [0.717, 1.165) is 5.56 Å². The number of benzene rings is 1. The lowest BCUT2D eigenvalue weighted by molar-refractivity contribution is -0.119. The summed E-state index contributed by atoms with van der Waals surface area (Å²) in [6.45, 7) is 3.82. The van der Waals surface area contributed by atoms with Crippen molar-refractivity contribution in [3.8, 4) is 0 Å². The van der Waals surface area contributed by atoms with Crippen molar-refractivity contribution in [1.29, 1.82) is 0 Å². The number of hydrogen-bond acceptors (Lipinski definition) is 3. The van der Waals surface area contributed by atoms with Gasteiger partial charge >= 0.3 is 0 Å². The quantitative estimate of drug-likeness (QED) is 0.823. The van der Waals surface area contributed by atoms with Gasteiger partial charge in [0.25, 0.3) is 0 Å². The molecular formula is C13H20N2O2. The Kier molecular flexibility index (Phi) is 7.63. The Morgan fingerprint density at radius 2 is 1.76 bits per heavy atom. The summed E-state index contributed by atoms with van der Waals surface area (Å²) >= 11 is 0. The molecule has 4 nitrogen and oxygen atoms in total. The van der Waals surface area contributed by atoms with Crippen LogP contribution in [0, 0.1) is 0 Å². The molecule has 0 aliphatic carbocycles. The molecule has 0 bridgehead atoms. The second kappa shape index (κ2) is 8.47. The molecule has 1 amide bonds.